The molecule has 20 heavy (non-hydrogen) atoms. The lowest BCUT2D eigenvalue weighted by Crippen LogP contribution is -2.23. The summed E-state index contributed by atoms with van der Waals surface area (Å²) in [6.07, 6.45) is 2.81. The van der Waals surface area contributed by atoms with Gasteiger partial charge in [-0.2, -0.15) is 4.39 Å². The van der Waals surface area contributed by atoms with Crippen molar-refractivity contribution in [2.45, 2.75) is 11.4 Å². The van der Waals surface area contributed by atoms with Crippen LogP contribution in [0.5, 0.6) is 0 Å². The SMILES string of the molecule is O=[N+]([O-])c1ccc(S(=O)(=O)NCc2cnc[nH]2)cc1F. The van der Waals surface area contributed by atoms with Gasteiger partial charge in [-0.3, -0.25) is 10.1 Å². The van der Waals surface area contributed by atoms with Crippen LogP contribution in [0.4, 0.5) is 10.1 Å². The van der Waals surface area contributed by atoms with Crippen molar-refractivity contribution in [3.8, 4) is 0 Å². The normalized spacial score (nSPS) is 11.4. The van der Waals surface area contributed by atoms with Crippen LogP contribution < -0.4 is 4.72 Å². The smallest absolute Gasteiger partial charge is 0.304 e. The van der Waals surface area contributed by atoms with Crippen molar-refractivity contribution >= 4 is 15.7 Å². The molecule has 2 rings (SSSR count). The van der Waals surface area contributed by atoms with E-state index in [4.69, 9.17) is 0 Å². The number of H-pyrrole nitrogens is 1. The third-order valence-corrected chi connectivity index (χ3v) is 3.83. The van der Waals surface area contributed by atoms with Crippen molar-refractivity contribution in [3.05, 3.63) is 52.3 Å². The summed E-state index contributed by atoms with van der Waals surface area (Å²) < 4.78 is 39.4. The van der Waals surface area contributed by atoms with E-state index >= 15 is 0 Å². The molecule has 106 valence electrons. The van der Waals surface area contributed by atoms with E-state index < -0.39 is 26.5 Å². The summed E-state index contributed by atoms with van der Waals surface area (Å²) in [5.74, 6) is -1.21. The molecule has 0 saturated carbocycles. The van der Waals surface area contributed by atoms with E-state index in [2.05, 4.69) is 14.7 Å². The van der Waals surface area contributed by atoms with Gasteiger partial charge in [0.25, 0.3) is 0 Å². The van der Waals surface area contributed by atoms with Crippen LogP contribution in [0.2, 0.25) is 0 Å². The van der Waals surface area contributed by atoms with E-state index in [9.17, 15) is 22.9 Å². The van der Waals surface area contributed by atoms with Crippen molar-refractivity contribution in [3.63, 3.8) is 0 Å². The zero-order chi connectivity index (χ0) is 14.8. The van der Waals surface area contributed by atoms with E-state index in [-0.39, 0.29) is 11.4 Å². The number of sulfonamides is 1. The topological polar surface area (TPSA) is 118 Å². The number of hydrogen-bond acceptors (Lipinski definition) is 5. The summed E-state index contributed by atoms with van der Waals surface area (Å²) in [7, 11) is -3.96. The molecule has 2 aromatic rings. The van der Waals surface area contributed by atoms with Gasteiger partial charge in [0, 0.05) is 24.0 Å². The predicted molar refractivity (Wildman–Crippen MR) is 65.7 cm³/mol. The second kappa shape index (κ2) is 5.35. The minimum atomic E-state index is -3.96. The Hall–Kier alpha value is -2.33. The molecule has 0 atom stereocenters. The zero-order valence-electron chi connectivity index (χ0n) is 9.91. The van der Waals surface area contributed by atoms with Crippen LogP contribution in [0.3, 0.4) is 0 Å². The highest BCUT2D eigenvalue weighted by atomic mass is 32.2. The molecular formula is C10H9FN4O4S. The number of halogens is 1. The van der Waals surface area contributed by atoms with Crippen molar-refractivity contribution in [1.82, 2.24) is 14.7 Å². The van der Waals surface area contributed by atoms with Gasteiger partial charge in [0.2, 0.25) is 15.8 Å². The third-order valence-electron chi connectivity index (χ3n) is 2.43. The molecule has 0 aliphatic heterocycles. The van der Waals surface area contributed by atoms with Gasteiger partial charge in [0.15, 0.2) is 0 Å². The third kappa shape index (κ3) is 2.97. The summed E-state index contributed by atoms with van der Waals surface area (Å²) in [6.45, 7) is -0.0546. The van der Waals surface area contributed by atoms with E-state index in [1.165, 1.54) is 12.5 Å². The highest BCUT2D eigenvalue weighted by Crippen LogP contribution is 2.20. The number of nitro groups is 1. The van der Waals surface area contributed by atoms with E-state index in [0.717, 1.165) is 12.1 Å². The number of benzene rings is 1. The Morgan fingerprint density at radius 1 is 1.45 bits per heavy atom. The molecule has 10 heteroatoms. The van der Waals surface area contributed by atoms with Gasteiger partial charge in [0.1, 0.15) is 0 Å². The fraction of sp³-hybridized carbons (Fsp3) is 0.100. The Balaban J connectivity index is 2.21. The van der Waals surface area contributed by atoms with Crippen molar-refractivity contribution in [1.29, 1.82) is 0 Å². The fourth-order valence-corrected chi connectivity index (χ4v) is 2.46. The van der Waals surface area contributed by atoms with Crippen LogP contribution in [-0.2, 0) is 16.6 Å². The maximum atomic E-state index is 13.4. The number of rotatable bonds is 5. The number of nitro benzene ring substituents is 1. The molecule has 2 N–H and O–H groups in total. The average molecular weight is 300 g/mol. The molecule has 0 radical (unpaired) electrons. The number of hydrogen-bond donors (Lipinski definition) is 2. The predicted octanol–water partition coefficient (Wildman–Crippen LogP) is 0.935. The van der Waals surface area contributed by atoms with Crippen LogP contribution in [0, 0.1) is 15.9 Å². The number of imidazole rings is 1. The van der Waals surface area contributed by atoms with Crippen LogP contribution in [-0.4, -0.2) is 23.3 Å². The standard InChI is InChI=1S/C10H9FN4O4S/c11-9-3-8(1-2-10(9)15(16)17)20(18,19)14-5-7-4-12-6-13-7/h1-4,6,14H,5H2,(H,12,13). The van der Waals surface area contributed by atoms with Crippen LogP contribution >= 0.6 is 0 Å². The van der Waals surface area contributed by atoms with Gasteiger partial charge in [-0.05, 0) is 6.07 Å². The molecule has 0 unspecified atom stereocenters. The van der Waals surface area contributed by atoms with Crippen molar-refractivity contribution in [2.24, 2.45) is 0 Å². The van der Waals surface area contributed by atoms with E-state index in [1.807, 2.05) is 0 Å². The van der Waals surface area contributed by atoms with E-state index in [1.54, 1.807) is 0 Å². The number of nitrogens with one attached hydrogen (secondary N) is 2. The van der Waals surface area contributed by atoms with Gasteiger partial charge in [-0.15, -0.1) is 0 Å². The van der Waals surface area contributed by atoms with Crippen molar-refractivity contribution < 1.29 is 17.7 Å². The molecule has 1 aromatic carbocycles. The molecule has 1 aromatic heterocycles. The van der Waals surface area contributed by atoms with Gasteiger partial charge >= 0.3 is 5.69 Å². The molecule has 8 nitrogen and oxygen atoms in total. The summed E-state index contributed by atoms with van der Waals surface area (Å²) >= 11 is 0. The highest BCUT2D eigenvalue weighted by molar-refractivity contribution is 7.89. The Morgan fingerprint density at radius 3 is 2.75 bits per heavy atom. The number of aromatic nitrogens is 2. The molecule has 0 bridgehead atoms. The maximum absolute atomic E-state index is 13.4. The minimum Gasteiger partial charge on any atom is -0.347 e. The molecule has 0 spiro atoms. The molecule has 1 heterocycles. The second-order valence-corrected chi connectivity index (χ2v) is 5.54. The quantitative estimate of drug-likeness (QED) is 0.629. The van der Waals surface area contributed by atoms with Crippen LogP contribution in [0.1, 0.15) is 5.69 Å². The summed E-state index contributed by atoms with van der Waals surface area (Å²) in [6, 6.07) is 2.38. The lowest BCUT2D eigenvalue weighted by molar-refractivity contribution is -0.387. The molecule has 0 saturated heterocycles. The van der Waals surface area contributed by atoms with E-state index in [0.29, 0.717) is 11.8 Å². The Labute approximate surface area is 112 Å². The molecule has 0 aliphatic rings. The van der Waals surface area contributed by atoms with Crippen LogP contribution in [0.25, 0.3) is 0 Å². The van der Waals surface area contributed by atoms with Gasteiger partial charge in [-0.25, -0.2) is 18.1 Å². The molecular weight excluding hydrogens is 291 g/mol. The summed E-state index contributed by atoms with van der Waals surface area (Å²) in [4.78, 5) is 15.5. The largest absolute Gasteiger partial charge is 0.347 e. The summed E-state index contributed by atoms with van der Waals surface area (Å²) in [5.41, 5.74) is -0.256. The fourth-order valence-electron chi connectivity index (χ4n) is 1.44. The first-order valence-corrected chi connectivity index (χ1v) is 6.79. The Bertz CT molecular complexity index is 730. The highest BCUT2D eigenvalue weighted by Gasteiger charge is 2.20. The van der Waals surface area contributed by atoms with Gasteiger partial charge in [-0.1, -0.05) is 0 Å². The monoisotopic (exact) mass is 300 g/mol. The van der Waals surface area contributed by atoms with Gasteiger partial charge in [0.05, 0.1) is 22.7 Å². The minimum absolute atomic E-state index is 0.0546. The lowest BCUT2D eigenvalue weighted by atomic mass is 10.3. The Kier molecular flexibility index (Phi) is 3.77. The zero-order valence-corrected chi connectivity index (χ0v) is 10.7. The summed E-state index contributed by atoms with van der Waals surface area (Å²) in [5, 5.41) is 10.5. The first-order chi connectivity index (χ1) is 9.40. The van der Waals surface area contributed by atoms with Crippen molar-refractivity contribution in [2.75, 3.05) is 0 Å². The first-order valence-electron chi connectivity index (χ1n) is 5.31. The number of aromatic amines is 1. The van der Waals surface area contributed by atoms with Crippen LogP contribution in [0.15, 0.2) is 35.6 Å². The van der Waals surface area contributed by atoms with Gasteiger partial charge < -0.3 is 4.98 Å². The molecule has 0 amide bonds. The Morgan fingerprint density at radius 2 is 2.20 bits per heavy atom. The lowest BCUT2D eigenvalue weighted by Gasteiger charge is -2.05. The maximum Gasteiger partial charge on any atom is 0.304 e. The molecule has 0 fully saturated rings. The number of nitrogens with zero attached hydrogens (tertiary/aromatic N) is 2. The first kappa shape index (κ1) is 14.1. The molecule has 0 aliphatic carbocycles. The average Bonchev–Trinajstić information content (AvgIpc) is 2.89. The second-order valence-electron chi connectivity index (χ2n) is 3.77.